The Bertz CT molecular complexity index is 1090. The molecule has 218 valence electrons. The number of hydrogen-bond acceptors (Lipinski definition) is 5. The van der Waals surface area contributed by atoms with Crippen molar-refractivity contribution in [2.24, 2.45) is 11.8 Å². The molecule has 3 aliphatic rings. The van der Waals surface area contributed by atoms with Crippen LogP contribution in [0.5, 0.6) is 0 Å². The molecule has 1 aromatic rings. The molecule has 8 nitrogen and oxygen atoms in total. The minimum absolute atomic E-state index is 0.0870. The number of fused-ring (bicyclic) bond motifs is 1. The molecule has 0 saturated carbocycles. The summed E-state index contributed by atoms with van der Waals surface area (Å²) in [4.78, 5) is 48.2. The second kappa shape index (κ2) is 12.7. The van der Waals surface area contributed by atoms with Gasteiger partial charge in [0.1, 0.15) is 11.6 Å². The van der Waals surface area contributed by atoms with Crippen molar-refractivity contribution in [2.75, 3.05) is 37.7 Å². The van der Waals surface area contributed by atoms with Gasteiger partial charge in [-0.15, -0.1) is 13.2 Å². The van der Waals surface area contributed by atoms with Crippen molar-refractivity contribution in [3.8, 4) is 0 Å². The Hall–Kier alpha value is -2.97. The topological polar surface area (TPSA) is 90.4 Å². The first-order valence-electron chi connectivity index (χ1n) is 14.8. The molecule has 1 aromatic carbocycles. The number of carbonyl (C=O) groups is 3. The van der Waals surface area contributed by atoms with Crippen LogP contribution >= 0.6 is 0 Å². The number of hydrogen-bond donors (Lipinski definition) is 1. The zero-order valence-corrected chi connectivity index (χ0v) is 24.1. The molecule has 40 heavy (non-hydrogen) atoms. The molecule has 3 heterocycles. The number of likely N-dealkylation sites (tertiary alicyclic amines) is 1. The Morgan fingerprint density at radius 1 is 1.07 bits per heavy atom. The van der Waals surface area contributed by atoms with Crippen molar-refractivity contribution in [3.05, 3.63) is 55.6 Å². The summed E-state index contributed by atoms with van der Waals surface area (Å²) >= 11 is 0. The number of carbonyl (C=O) groups excluding carboxylic acids is 3. The summed E-state index contributed by atoms with van der Waals surface area (Å²) in [6, 6.07) is 8.63. The predicted octanol–water partition coefficient (Wildman–Crippen LogP) is 3.95. The number of unbranched alkanes of at least 4 members (excludes halogenated alkanes) is 3. The van der Waals surface area contributed by atoms with Crippen molar-refractivity contribution >= 4 is 23.4 Å². The fourth-order valence-corrected chi connectivity index (χ4v) is 7.09. The van der Waals surface area contributed by atoms with E-state index in [-0.39, 0.29) is 24.3 Å². The maximum Gasteiger partial charge on any atom is 0.248 e. The van der Waals surface area contributed by atoms with Crippen LogP contribution in [0.25, 0.3) is 0 Å². The third kappa shape index (κ3) is 5.23. The summed E-state index contributed by atoms with van der Waals surface area (Å²) in [7, 11) is 0. The van der Waals surface area contributed by atoms with Crippen LogP contribution in [0.15, 0.2) is 55.6 Å². The van der Waals surface area contributed by atoms with Gasteiger partial charge < -0.3 is 24.5 Å². The summed E-state index contributed by atoms with van der Waals surface area (Å²) in [5.74, 6) is -1.93. The highest BCUT2D eigenvalue weighted by Crippen LogP contribution is 2.63. The van der Waals surface area contributed by atoms with Gasteiger partial charge >= 0.3 is 0 Å². The van der Waals surface area contributed by atoms with Gasteiger partial charge in [-0.3, -0.25) is 14.4 Å². The number of ether oxygens (including phenoxy) is 1. The van der Waals surface area contributed by atoms with Gasteiger partial charge in [0.25, 0.3) is 0 Å². The monoisotopic (exact) mass is 551 g/mol. The average molecular weight is 552 g/mol. The molecule has 0 radical (unpaired) electrons. The lowest BCUT2D eigenvalue weighted by Crippen LogP contribution is -2.56. The Balaban J connectivity index is 1.74. The molecular weight excluding hydrogens is 506 g/mol. The van der Waals surface area contributed by atoms with Crippen molar-refractivity contribution in [1.29, 1.82) is 0 Å². The van der Waals surface area contributed by atoms with E-state index in [1.165, 1.54) is 0 Å². The second-order valence-electron chi connectivity index (χ2n) is 11.5. The van der Waals surface area contributed by atoms with E-state index in [0.717, 1.165) is 24.9 Å². The molecule has 1 N–H and O–H groups in total. The SMILES string of the molecule is C=CCN(CCCC)C(=O)C1N(CCCCCO)C(=O)[C@@H]2[C@@H](C(=O)N(CC=C)c3ccccc3)[C@@]3(C)CCC12O3. The molecule has 8 heteroatoms. The zero-order valence-electron chi connectivity index (χ0n) is 24.1. The highest BCUT2D eigenvalue weighted by molar-refractivity contribution is 6.03. The molecule has 5 atom stereocenters. The van der Waals surface area contributed by atoms with Crippen molar-refractivity contribution in [3.63, 3.8) is 0 Å². The third-order valence-corrected chi connectivity index (χ3v) is 8.92. The van der Waals surface area contributed by atoms with Gasteiger partial charge in [-0.1, -0.05) is 43.7 Å². The fourth-order valence-electron chi connectivity index (χ4n) is 7.09. The molecule has 3 saturated heterocycles. The average Bonchev–Trinajstić information content (AvgIpc) is 3.52. The van der Waals surface area contributed by atoms with E-state index < -0.39 is 29.1 Å². The van der Waals surface area contributed by atoms with Gasteiger partial charge in [0.2, 0.25) is 17.7 Å². The zero-order chi connectivity index (χ0) is 28.9. The number of aliphatic hydroxyl groups excluding tert-OH is 1. The Kier molecular flexibility index (Phi) is 9.52. The number of rotatable bonds is 15. The summed E-state index contributed by atoms with van der Waals surface area (Å²) < 4.78 is 6.81. The van der Waals surface area contributed by atoms with Crippen molar-refractivity contribution in [1.82, 2.24) is 9.80 Å². The molecular formula is C32H45N3O5. The number of aliphatic hydroxyl groups is 1. The predicted molar refractivity (Wildman–Crippen MR) is 156 cm³/mol. The maximum atomic E-state index is 14.4. The summed E-state index contributed by atoms with van der Waals surface area (Å²) in [6.45, 7) is 13.5. The van der Waals surface area contributed by atoms with E-state index in [1.807, 2.05) is 37.3 Å². The number of para-hydroxylation sites is 1. The fraction of sp³-hybridized carbons (Fsp3) is 0.594. The van der Waals surface area contributed by atoms with Crippen LogP contribution in [0.3, 0.4) is 0 Å². The second-order valence-corrected chi connectivity index (χ2v) is 11.5. The molecule has 3 fully saturated rings. The van der Waals surface area contributed by atoms with Crippen LogP contribution in [-0.4, -0.2) is 82.7 Å². The lowest BCUT2D eigenvalue weighted by atomic mass is 9.66. The first kappa shape index (κ1) is 30.0. The molecule has 0 aliphatic carbocycles. The van der Waals surface area contributed by atoms with Crippen LogP contribution in [-0.2, 0) is 19.1 Å². The van der Waals surface area contributed by atoms with Crippen molar-refractivity contribution in [2.45, 2.75) is 76.0 Å². The van der Waals surface area contributed by atoms with Crippen LogP contribution in [0.1, 0.15) is 58.8 Å². The standard InChI is InChI=1S/C32H45N3O5/c1-5-8-21-33(19-6-2)30(39)27-32-18-17-31(4,40-32)25(26(32)29(38)35(27)22-13-10-14-23-36)28(37)34(20-7-3)24-15-11-9-12-16-24/h6-7,9,11-12,15-16,25-27,36H,2-3,5,8,10,13-14,17-23H2,1,4H3/t25-,26-,27?,31+,32?/m0/s1. The molecule has 2 bridgehead atoms. The lowest BCUT2D eigenvalue weighted by Gasteiger charge is -2.37. The number of nitrogens with zero attached hydrogens (tertiary/aromatic N) is 3. The van der Waals surface area contributed by atoms with Gasteiger partial charge in [0, 0.05) is 38.5 Å². The third-order valence-electron chi connectivity index (χ3n) is 8.92. The van der Waals surface area contributed by atoms with Crippen LogP contribution < -0.4 is 4.90 Å². The first-order chi connectivity index (χ1) is 19.3. The molecule has 3 aliphatic heterocycles. The highest BCUT2D eigenvalue weighted by atomic mass is 16.5. The number of amides is 3. The van der Waals surface area contributed by atoms with E-state index in [4.69, 9.17) is 4.74 Å². The lowest BCUT2D eigenvalue weighted by molar-refractivity contribution is -0.151. The number of anilines is 1. The normalized spacial score (nSPS) is 28.4. The molecule has 2 unspecified atom stereocenters. The summed E-state index contributed by atoms with van der Waals surface area (Å²) in [5.41, 5.74) is -1.16. The number of benzene rings is 1. The maximum absolute atomic E-state index is 14.4. The first-order valence-corrected chi connectivity index (χ1v) is 14.8. The van der Waals surface area contributed by atoms with E-state index in [2.05, 4.69) is 20.1 Å². The van der Waals surface area contributed by atoms with Gasteiger partial charge in [-0.25, -0.2) is 0 Å². The molecule has 4 rings (SSSR count). The van der Waals surface area contributed by atoms with E-state index in [9.17, 15) is 19.5 Å². The van der Waals surface area contributed by atoms with Gasteiger partial charge in [0.15, 0.2) is 0 Å². The Labute approximate surface area is 238 Å². The Morgan fingerprint density at radius 2 is 1.80 bits per heavy atom. The largest absolute Gasteiger partial charge is 0.396 e. The van der Waals surface area contributed by atoms with Crippen LogP contribution in [0, 0.1) is 11.8 Å². The smallest absolute Gasteiger partial charge is 0.248 e. The highest BCUT2D eigenvalue weighted by Gasteiger charge is 2.78. The molecule has 0 aromatic heterocycles. The van der Waals surface area contributed by atoms with Gasteiger partial charge in [-0.2, -0.15) is 0 Å². The van der Waals surface area contributed by atoms with Crippen LogP contribution in [0.2, 0.25) is 0 Å². The van der Waals surface area contributed by atoms with E-state index in [0.29, 0.717) is 51.9 Å². The molecule has 3 amide bonds. The van der Waals surface area contributed by atoms with Crippen LogP contribution in [0.4, 0.5) is 5.69 Å². The van der Waals surface area contributed by atoms with Gasteiger partial charge in [-0.05, 0) is 57.6 Å². The van der Waals surface area contributed by atoms with Gasteiger partial charge in [0.05, 0.1) is 17.4 Å². The summed E-state index contributed by atoms with van der Waals surface area (Å²) in [5, 5.41) is 9.27. The van der Waals surface area contributed by atoms with E-state index in [1.54, 1.807) is 26.9 Å². The summed E-state index contributed by atoms with van der Waals surface area (Å²) in [6.07, 6.45) is 8.39. The quantitative estimate of drug-likeness (QED) is 0.263. The Morgan fingerprint density at radius 3 is 2.45 bits per heavy atom. The van der Waals surface area contributed by atoms with Crippen molar-refractivity contribution < 1.29 is 24.2 Å². The minimum Gasteiger partial charge on any atom is -0.396 e. The minimum atomic E-state index is -1.05. The van der Waals surface area contributed by atoms with E-state index >= 15 is 0 Å². The molecule has 1 spiro atoms.